The molecule has 1 aromatic rings. The number of benzene rings is 1. The summed E-state index contributed by atoms with van der Waals surface area (Å²) in [6.45, 7) is 3.66. The zero-order valence-corrected chi connectivity index (χ0v) is 8.42. The Balaban J connectivity index is 2.60. The molecule has 0 aliphatic carbocycles. The number of hydrogen-bond donors (Lipinski definition) is 0. The van der Waals surface area contributed by atoms with E-state index in [1.54, 1.807) is 6.08 Å². The fourth-order valence-electron chi connectivity index (χ4n) is 0.913. The third-order valence-electron chi connectivity index (χ3n) is 1.57. The maximum atomic E-state index is 3.66. The van der Waals surface area contributed by atoms with Gasteiger partial charge in [0.05, 0.1) is 0 Å². The number of allylic oxidation sites excluding steroid dienone is 3. The maximum Gasteiger partial charge on any atom is 0.0132 e. The molecule has 1 aromatic carbocycles. The van der Waals surface area contributed by atoms with Crippen LogP contribution in [0.15, 0.2) is 53.5 Å². The highest BCUT2D eigenvalue weighted by Gasteiger charge is 1.87. The van der Waals surface area contributed by atoms with Crippen molar-refractivity contribution in [1.29, 1.82) is 0 Å². The van der Waals surface area contributed by atoms with E-state index >= 15 is 0 Å². The van der Waals surface area contributed by atoms with Gasteiger partial charge in [0.15, 0.2) is 0 Å². The fraction of sp³-hybridized carbons (Fsp3) is 0.0909. The van der Waals surface area contributed by atoms with Gasteiger partial charge in [0.25, 0.3) is 0 Å². The Morgan fingerprint density at radius 1 is 1.33 bits per heavy atom. The van der Waals surface area contributed by atoms with Crippen molar-refractivity contribution in [3.63, 3.8) is 0 Å². The molecule has 1 rings (SSSR count). The van der Waals surface area contributed by atoms with Gasteiger partial charge in [0, 0.05) is 4.48 Å². The van der Waals surface area contributed by atoms with Crippen molar-refractivity contribution < 1.29 is 0 Å². The third-order valence-corrected chi connectivity index (χ3v) is 2.22. The van der Waals surface area contributed by atoms with E-state index in [0.717, 1.165) is 10.9 Å². The van der Waals surface area contributed by atoms with Crippen LogP contribution in [0.1, 0.15) is 5.56 Å². The SMILES string of the molecule is C=C/C(Br)=C/Cc1ccccc1. The molecule has 0 radical (unpaired) electrons. The van der Waals surface area contributed by atoms with Crippen LogP contribution in [0.3, 0.4) is 0 Å². The van der Waals surface area contributed by atoms with Gasteiger partial charge in [0.1, 0.15) is 0 Å². The van der Waals surface area contributed by atoms with Crippen LogP contribution in [-0.4, -0.2) is 0 Å². The summed E-state index contributed by atoms with van der Waals surface area (Å²) in [5, 5.41) is 0. The molecule has 0 saturated heterocycles. The van der Waals surface area contributed by atoms with Crippen LogP contribution >= 0.6 is 15.9 Å². The van der Waals surface area contributed by atoms with Gasteiger partial charge in [-0.2, -0.15) is 0 Å². The standard InChI is InChI=1S/C11H11Br/c1-2-11(12)9-8-10-6-4-3-5-7-10/h2-7,9H,1,8H2/b11-9-. The van der Waals surface area contributed by atoms with Gasteiger partial charge in [-0.3, -0.25) is 0 Å². The lowest BCUT2D eigenvalue weighted by Crippen LogP contribution is -1.78. The zero-order valence-electron chi connectivity index (χ0n) is 6.83. The second-order valence-corrected chi connectivity index (χ2v) is 3.40. The average molecular weight is 223 g/mol. The summed E-state index contributed by atoms with van der Waals surface area (Å²) >= 11 is 3.38. The molecule has 0 fully saturated rings. The molecule has 0 amide bonds. The average Bonchev–Trinajstić information content (AvgIpc) is 2.16. The molecule has 0 aliphatic rings. The first kappa shape index (κ1) is 9.27. The summed E-state index contributed by atoms with van der Waals surface area (Å²) in [4.78, 5) is 0. The molecule has 0 atom stereocenters. The van der Waals surface area contributed by atoms with E-state index in [4.69, 9.17) is 0 Å². The largest absolute Gasteiger partial charge is 0.0980 e. The van der Waals surface area contributed by atoms with Crippen LogP contribution in [0.4, 0.5) is 0 Å². The van der Waals surface area contributed by atoms with Crippen LogP contribution in [0.25, 0.3) is 0 Å². The predicted octanol–water partition coefficient (Wildman–Crippen LogP) is 3.69. The topological polar surface area (TPSA) is 0 Å². The highest BCUT2D eigenvalue weighted by atomic mass is 79.9. The Morgan fingerprint density at radius 2 is 2.00 bits per heavy atom. The Morgan fingerprint density at radius 3 is 2.58 bits per heavy atom. The normalized spacial score (nSPS) is 11.2. The van der Waals surface area contributed by atoms with E-state index in [-0.39, 0.29) is 0 Å². The molecule has 0 aliphatic heterocycles. The quantitative estimate of drug-likeness (QED) is 0.685. The maximum absolute atomic E-state index is 3.66. The molecule has 0 bridgehead atoms. The second-order valence-electron chi connectivity index (χ2n) is 2.48. The van der Waals surface area contributed by atoms with E-state index in [2.05, 4.69) is 40.7 Å². The van der Waals surface area contributed by atoms with Gasteiger partial charge in [0.2, 0.25) is 0 Å². The molecule has 1 heteroatoms. The van der Waals surface area contributed by atoms with Gasteiger partial charge in [-0.1, -0.05) is 65.0 Å². The Bertz CT molecular complexity index is 272. The smallest absolute Gasteiger partial charge is 0.0132 e. The zero-order chi connectivity index (χ0) is 8.81. The van der Waals surface area contributed by atoms with Crippen LogP contribution in [-0.2, 0) is 6.42 Å². The summed E-state index contributed by atoms with van der Waals surface area (Å²) in [5.41, 5.74) is 1.32. The first-order chi connectivity index (χ1) is 5.83. The molecule has 12 heavy (non-hydrogen) atoms. The third kappa shape index (κ3) is 3.05. The van der Waals surface area contributed by atoms with Gasteiger partial charge in [-0.25, -0.2) is 0 Å². The highest BCUT2D eigenvalue weighted by molar-refractivity contribution is 9.11. The van der Waals surface area contributed by atoms with Crippen LogP contribution < -0.4 is 0 Å². The van der Waals surface area contributed by atoms with Crippen LogP contribution in [0, 0.1) is 0 Å². The van der Waals surface area contributed by atoms with Gasteiger partial charge in [-0.15, -0.1) is 0 Å². The molecule has 62 valence electrons. The molecule has 0 saturated carbocycles. The van der Waals surface area contributed by atoms with E-state index < -0.39 is 0 Å². The van der Waals surface area contributed by atoms with Crippen molar-refractivity contribution in [2.45, 2.75) is 6.42 Å². The Kier molecular flexibility index (Phi) is 3.81. The number of halogens is 1. The number of hydrogen-bond acceptors (Lipinski definition) is 0. The van der Waals surface area contributed by atoms with Crippen molar-refractivity contribution in [3.05, 3.63) is 59.1 Å². The van der Waals surface area contributed by atoms with Crippen molar-refractivity contribution >= 4 is 15.9 Å². The molecular formula is C11H11Br. The van der Waals surface area contributed by atoms with Crippen molar-refractivity contribution in [1.82, 2.24) is 0 Å². The van der Waals surface area contributed by atoms with E-state index in [0.29, 0.717) is 0 Å². The van der Waals surface area contributed by atoms with Crippen molar-refractivity contribution in [2.75, 3.05) is 0 Å². The van der Waals surface area contributed by atoms with E-state index in [1.807, 2.05) is 18.2 Å². The minimum atomic E-state index is 0.952. The van der Waals surface area contributed by atoms with Crippen molar-refractivity contribution in [2.24, 2.45) is 0 Å². The monoisotopic (exact) mass is 222 g/mol. The summed E-state index contributed by atoms with van der Waals surface area (Å²) < 4.78 is 1.05. The van der Waals surface area contributed by atoms with Gasteiger partial charge < -0.3 is 0 Å². The molecule has 0 nitrogen and oxygen atoms in total. The summed E-state index contributed by atoms with van der Waals surface area (Å²) in [7, 11) is 0. The minimum absolute atomic E-state index is 0.952. The summed E-state index contributed by atoms with van der Waals surface area (Å²) in [6, 6.07) is 10.3. The fourth-order valence-corrected chi connectivity index (χ4v) is 1.07. The number of rotatable bonds is 3. The Labute approximate surface area is 81.7 Å². The molecule has 0 heterocycles. The highest BCUT2D eigenvalue weighted by Crippen LogP contribution is 2.08. The molecule has 0 N–H and O–H groups in total. The minimum Gasteiger partial charge on any atom is -0.0980 e. The molecular weight excluding hydrogens is 212 g/mol. The first-order valence-corrected chi connectivity index (χ1v) is 4.64. The summed E-state index contributed by atoms with van der Waals surface area (Å²) in [5.74, 6) is 0. The first-order valence-electron chi connectivity index (χ1n) is 3.85. The van der Waals surface area contributed by atoms with E-state index in [9.17, 15) is 0 Å². The molecule has 0 spiro atoms. The summed E-state index contributed by atoms with van der Waals surface area (Å²) in [6.07, 6.45) is 4.85. The molecule has 0 aromatic heterocycles. The Hall–Kier alpha value is -0.820. The molecule has 0 unspecified atom stereocenters. The lowest BCUT2D eigenvalue weighted by molar-refractivity contribution is 1.27. The lowest BCUT2D eigenvalue weighted by Gasteiger charge is -1.94. The predicted molar refractivity (Wildman–Crippen MR) is 57.4 cm³/mol. The van der Waals surface area contributed by atoms with Crippen LogP contribution in [0.2, 0.25) is 0 Å². The lowest BCUT2D eigenvalue weighted by atomic mass is 10.1. The van der Waals surface area contributed by atoms with Gasteiger partial charge >= 0.3 is 0 Å². The van der Waals surface area contributed by atoms with E-state index in [1.165, 1.54) is 5.56 Å². The van der Waals surface area contributed by atoms with Gasteiger partial charge in [-0.05, 0) is 12.0 Å². The second kappa shape index (κ2) is 4.94. The van der Waals surface area contributed by atoms with Crippen LogP contribution in [0.5, 0.6) is 0 Å². The van der Waals surface area contributed by atoms with Crippen molar-refractivity contribution in [3.8, 4) is 0 Å².